The quantitative estimate of drug-likeness (QED) is 0.793. The lowest BCUT2D eigenvalue weighted by Gasteiger charge is -2.35. The molecule has 0 bridgehead atoms. The Balaban J connectivity index is 1.70. The topological polar surface area (TPSA) is 32.5 Å². The lowest BCUT2D eigenvalue weighted by atomic mass is 9.83. The van der Waals surface area contributed by atoms with Crippen molar-refractivity contribution in [1.29, 1.82) is 0 Å². The Hall–Kier alpha value is -0.380. The Morgan fingerprint density at radius 2 is 1.74 bits per heavy atom. The fourth-order valence-corrected chi connectivity index (χ4v) is 3.05. The third-order valence-corrected chi connectivity index (χ3v) is 4.62. The summed E-state index contributed by atoms with van der Waals surface area (Å²) >= 11 is 0. The van der Waals surface area contributed by atoms with E-state index in [2.05, 4.69) is 36.6 Å². The second-order valence-electron chi connectivity index (χ2n) is 7.21. The molecule has 19 heavy (non-hydrogen) atoms. The number of likely N-dealkylation sites (tertiary alicyclic amines) is 1. The number of rotatable bonds is 3. The first-order chi connectivity index (χ1) is 8.95. The van der Waals surface area contributed by atoms with Gasteiger partial charge >= 0.3 is 0 Å². The Labute approximate surface area is 118 Å². The van der Waals surface area contributed by atoms with Crippen LogP contribution in [0.15, 0.2) is 11.6 Å². The molecule has 0 spiro atoms. The minimum Gasteiger partial charge on any atom is -0.328 e. The second-order valence-corrected chi connectivity index (χ2v) is 7.21. The maximum atomic E-state index is 5.95. The molecule has 3 nitrogen and oxygen atoms in total. The summed E-state index contributed by atoms with van der Waals surface area (Å²) in [4.78, 5) is 5.16. The maximum Gasteiger partial charge on any atom is 0.0166 e. The summed E-state index contributed by atoms with van der Waals surface area (Å²) in [6.45, 7) is 14.2. The smallest absolute Gasteiger partial charge is 0.0166 e. The van der Waals surface area contributed by atoms with E-state index in [9.17, 15) is 0 Å². The summed E-state index contributed by atoms with van der Waals surface area (Å²) in [5.74, 6) is 0. The third kappa shape index (κ3) is 4.59. The standard InChI is InChI=1S/C16H31N3/c1-16(2,3)14-4-8-18(9-5-14)12-13-19-10-6-15(17)7-11-19/h4,15H,5-13,17H2,1-3H3. The van der Waals surface area contributed by atoms with Crippen LogP contribution in [0, 0.1) is 5.41 Å². The van der Waals surface area contributed by atoms with Crippen LogP contribution in [0.1, 0.15) is 40.0 Å². The fraction of sp³-hybridized carbons (Fsp3) is 0.875. The van der Waals surface area contributed by atoms with Crippen LogP contribution in [0.2, 0.25) is 0 Å². The summed E-state index contributed by atoms with van der Waals surface area (Å²) in [5, 5.41) is 0. The van der Waals surface area contributed by atoms with Crippen LogP contribution < -0.4 is 5.73 Å². The number of nitrogens with two attached hydrogens (primary N) is 1. The Bertz CT molecular complexity index is 308. The molecule has 0 aromatic carbocycles. The number of hydrogen-bond acceptors (Lipinski definition) is 3. The molecule has 2 rings (SSSR count). The van der Waals surface area contributed by atoms with Crippen LogP contribution >= 0.6 is 0 Å². The van der Waals surface area contributed by atoms with Crippen molar-refractivity contribution < 1.29 is 0 Å². The average molecular weight is 265 g/mol. The Morgan fingerprint density at radius 1 is 1.11 bits per heavy atom. The predicted molar refractivity (Wildman–Crippen MR) is 82.2 cm³/mol. The van der Waals surface area contributed by atoms with Gasteiger partial charge in [-0.15, -0.1) is 0 Å². The number of nitrogens with zero attached hydrogens (tertiary/aromatic N) is 2. The molecular formula is C16H31N3. The molecule has 0 unspecified atom stereocenters. The fourth-order valence-electron chi connectivity index (χ4n) is 3.05. The molecule has 2 aliphatic heterocycles. The van der Waals surface area contributed by atoms with Crippen LogP contribution in [0.3, 0.4) is 0 Å². The maximum absolute atomic E-state index is 5.95. The van der Waals surface area contributed by atoms with Gasteiger partial charge in [-0.2, -0.15) is 0 Å². The average Bonchev–Trinajstić information content (AvgIpc) is 2.37. The second kappa shape index (κ2) is 6.38. The van der Waals surface area contributed by atoms with E-state index >= 15 is 0 Å². The van der Waals surface area contributed by atoms with Crippen LogP contribution in [-0.4, -0.2) is 55.1 Å². The number of piperidine rings is 1. The van der Waals surface area contributed by atoms with Crippen molar-refractivity contribution in [3.63, 3.8) is 0 Å². The van der Waals surface area contributed by atoms with E-state index in [1.165, 1.54) is 52.0 Å². The lowest BCUT2D eigenvalue weighted by Crippen LogP contribution is -2.44. The SMILES string of the molecule is CC(C)(C)C1=CCN(CCN2CCC(N)CC2)CC1. The molecule has 0 amide bonds. The highest BCUT2D eigenvalue weighted by atomic mass is 15.2. The molecular weight excluding hydrogens is 234 g/mol. The third-order valence-electron chi connectivity index (χ3n) is 4.62. The van der Waals surface area contributed by atoms with E-state index in [1.807, 2.05) is 0 Å². The van der Waals surface area contributed by atoms with E-state index in [0.29, 0.717) is 11.5 Å². The van der Waals surface area contributed by atoms with Crippen LogP contribution in [0.25, 0.3) is 0 Å². The van der Waals surface area contributed by atoms with Crippen LogP contribution in [0.5, 0.6) is 0 Å². The normalized spacial score (nSPS) is 24.5. The molecule has 110 valence electrons. The van der Waals surface area contributed by atoms with E-state index in [4.69, 9.17) is 5.73 Å². The van der Waals surface area contributed by atoms with Crippen molar-refractivity contribution >= 4 is 0 Å². The Morgan fingerprint density at radius 3 is 2.26 bits per heavy atom. The van der Waals surface area contributed by atoms with Gasteiger partial charge in [0.15, 0.2) is 0 Å². The molecule has 0 aromatic rings. The monoisotopic (exact) mass is 265 g/mol. The van der Waals surface area contributed by atoms with Crippen molar-refractivity contribution in [2.45, 2.75) is 46.1 Å². The van der Waals surface area contributed by atoms with Gasteiger partial charge < -0.3 is 10.6 Å². The summed E-state index contributed by atoms with van der Waals surface area (Å²) < 4.78 is 0. The van der Waals surface area contributed by atoms with Crippen molar-refractivity contribution in [3.05, 3.63) is 11.6 Å². The molecule has 2 aliphatic rings. The molecule has 0 aromatic heterocycles. The highest BCUT2D eigenvalue weighted by Gasteiger charge is 2.22. The molecule has 0 aliphatic carbocycles. The molecule has 0 saturated carbocycles. The van der Waals surface area contributed by atoms with E-state index in [-0.39, 0.29) is 0 Å². The van der Waals surface area contributed by atoms with Crippen molar-refractivity contribution in [2.75, 3.05) is 39.3 Å². The van der Waals surface area contributed by atoms with Gasteiger partial charge in [0.2, 0.25) is 0 Å². The largest absolute Gasteiger partial charge is 0.328 e. The van der Waals surface area contributed by atoms with Crippen LogP contribution in [0.4, 0.5) is 0 Å². The minimum atomic E-state index is 0.356. The highest BCUT2D eigenvalue weighted by molar-refractivity contribution is 5.14. The predicted octanol–water partition coefficient (Wildman–Crippen LogP) is 2.09. The highest BCUT2D eigenvalue weighted by Crippen LogP contribution is 2.29. The van der Waals surface area contributed by atoms with Gasteiger partial charge in [-0.25, -0.2) is 0 Å². The first-order valence-electron chi connectivity index (χ1n) is 7.85. The molecule has 3 heteroatoms. The first-order valence-corrected chi connectivity index (χ1v) is 7.85. The van der Waals surface area contributed by atoms with Gasteiger partial charge in [0, 0.05) is 32.2 Å². The summed E-state index contributed by atoms with van der Waals surface area (Å²) in [6, 6.07) is 0.448. The molecule has 2 heterocycles. The molecule has 1 saturated heterocycles. The first kappa shape index (κ1) is 15.0. The van der Waals surface area contributed by atoms with Gasteiger partial charge in [0.05, 0.1) is 0 Å². The lowest BCUT2D eigenvalue weighted by molar-refractivity contribution is 0.176. The van der Waals surface area contributed by atoms with Gasteiger partial charge in [-0.05, 0) is 37.8 Å². The van der Waals surface area contributed by atoms with E-state index < -0.39 is 0 Å². The molecule has 2 N–H and O–H groups in total. The van der Waals surface area contributed by atoms with Crippen LogP contribution in [-0.2, 0) is 0 Å². The van der Waals surface area contributed by atoms with Gasteiger partial charge in [0.1, 0.15) is 0 Å². The minimum absolute atomic E-state index is 0.356. The zero-order valence-corrected chi connectivity index (χ0v) is 13.0. The summed E-state index contributed by atoms with van der Waals surface area (Å²) in [7, 11) is 0. The summed E-state index contributed by atoms with van der Waals surface area (Å²) in [5.41, 5.74) is 7.94. The van der Waals surface area contributed by atoms with Crippen molar-refractivity contribution in [2.24, 2.45) is 11.1 Å². The van der Waals surface area contributed by atoms with E-state index in [1.54, 1.807) is 5.57 Å². The number of hydrogen-bond donors (Lipinski definition) is 1. The van der Waals surface area contributed by atoms with Gasteiger partial charge in [-0.3, -0.25) is 4.90 Å². The Kier molecular flexibility index (Phi) is 5.04. The molecule has 1 fully saturated rings. The zero-order valence-electron chi connectivity index (χ0n) is 13.0. The summed E-state index contributed by atoms with van der Waals surface area (Å²) in [6.07, 6.45) is 6.05. The zero-order chi connectivity index (χ0) is 13.9. The molecule has 0 radical (unpaired) electrons. The van der Waals surface area contributed by atoms with Crippen molar-refractivity contribution in [3.8, 4) is 0 Å². The van der Waals surface area contributed by atoms with Crippen molar-refractivity contribution in [1.82, 2.24) is 9.80 Å². The van der Waals surface area contributed by atoms with Gasteiger partial charge in [0.25, 0.3) is 0 Å². The van der Waals surface area contributed by atoms with Gasteiger partial charge in [-0.1, -0.05) is 32.4 Å². The van der Waals surface area contributed by atoms with E-state index in [0.717, 1.165) is 6.54 Å². The molecule has 0 atom stereocenters.